The van der Waals surface area contributed by atoms with E-state index in [2.05, 4.69) is 53.4 Å². The van der Waals surface area contributed by atoms with Gasteiger partial charge in [0.05, 0.1) is 0 Å². The summed E-state index contributed by atoms with van der Waals surface area (Å²) in [5, 5.41) is 0. The predicted molar refractivity (Wildman–Crippen MR) is 149 cm³/mol. The highest BCUT2D eigenvalue weighted by molar-refractivity contribution is 5.94. The molecule has 4 aromatic rings. The van der Waals surface area contributed by atoms with Crippen molar-refractivity contribution in [3.8, 4) is 5.75 Å². The van der Waals surface area contributed by atoms with Crippen LogP contribution in [0, 0.1) is 0 Å². The van der Waals surface area contributed by atoms with Gasteiger partial charge in [-0.15, -0.1) is 0 Å². The zero-order chi connectivity index (χ0) is 26.6. The van der Waals surface area contributed by atoms with Gasteiger partial charge in [-0.05, 0) is 60.2 Å². The Morgan fingerprint density at radius 1 is 0.737 bits per heavy atom. The molecule has 0 bridgehead atoms. The van der Waals surface area contributed by atoms with Crippen LogP contribution >= 0.6 is 0 Å². The first-order valence-corrected chi connectivity index (χ1v) is 13.0. The molecule has 0 radical (unpaired) electrons. The van der Waals surface area contributed by atoms with E-state index in [1.54, 1.807) is 6.07 Å². The van der Waals surface area contributed by atoms with E-state index in [-0.39, 0.29) is 11.8 Å². The third kappa shape index (κ3) is 7.81. The molecule has 5 nitrogen and oxygen atoms in total. The Morgan fingerprint density at radius 2 is 1.34 bits per heavy atom. The number of hydrogen-bond acceptors (Lipinski definition) is 4. The maximum atomic E-state index is 13.5. The van der Waals surface area contributed by atoms with Crippen LogP contribution in [0.15, 0.2) is 115 Å². The third-order valence-electron chi connectivity index (χ3n) is 6.45. The molecule has 0 heterocycles. The van der Waals surface area contributed by atoms with E-state index in [0.717, 1.165) is 24.8 Å². The second kappa shape index (κ2) is 13.8. The topological polar surface area (TPSA) is 55.8 Å². The number of carbonyl (C=O) groups excluding carboxylic acids is 2. The van der Waals surface area contributed by atoms with Gasteiger partial charge in [-0.1, -0.05) is 91.0 Å². The Hall–Kier alpha value is -4.38. The Balaban J connectivity index is 1.47. The largest absolute Gasteiger partial charge is 0.352 e. The third-order valence-corrected chi connectivity index (χ3v) is 6.45. The monoisotopic (exact) mass is 507 g/mol. The predicted octanol–water partition coefficient (Wildman–Crippen LogP) is 6.84. The lowest BCUT2D eigenvalue weighted by Gasteiger charge is -2.26. The van der Waals surface area contributed by atoms with Gasteiger partial charge in [0.25, 0.3) is 5.91 Å². The molecule has 0 atom stereocenters. The molecule has 38 heavy (non-hydrogen) atoms. The fraction of sp³-hybridized carbons (Fsp3) is 0.212. The molecule has 0 unspecified atom stereocenters. The molecule has 5 heteroatoms. The first kappa shape index (κ1) is 26.7. The van der Waals surface area contributed by atoms with Crippen LogP contribution in [0.25, 0.3) is 0 Å². The maximum absolute atomic E-state index is 13.5. The molecule has 0 spiro atoms. The van der Waals surface area contributed by atoms with Gasteiger partial charge in [0.1, 0.15) is 0 Å². The van der Waals surface area contributed by atoms with E-state index in [4.69, 9.17) is 4.89 Å². The van der Waals surface area contributed by atoms with Crippen molar-refractivity contribution in [2.45, 2.75) is 32.1 Å². The summed E-state index contributed by atoms with van der Waals surface area (Å²) in [6.07, 6.45) is 2.37. The Kier molecular flexibility index (Phi) is 9.69. The molecule has 0 aromatic heterocycles. The van der Waals surface area contributed by atoms with Crippen molar-refractivity contribution in [1.29, 1.82) is 0 Å². The van der Waals surface area contributed by atoms with Gasteiger partial charge in [-0.3, -0.25) is 14.6 Å². The molecular formula is C33H33NO4. The van der Waals surface area contributed by atoms with E-state index < -0.39 is 5.97 Å². The summed E-state index contributed by atoms with van der Waals surface area (Å²) in [4.78, 5) is 36.2. The molecule has 0 fully saturated rings. The second-order valence-electron chi connectivity index (χ2n) is 9.23. The van der Waals surface area contributed by atoms with Gasteiger partial charge in [-0.25, -0.2) is 4.79 Å². The van der Waals surface area contributed by atoms with Crippen molar-refractivity contribution < 1.29 is 19.4 Å². The lowest BCUT2D eigenvalue weighted by atomic mass is 9.88. The molecule has 194 valence electrons. The first-order valence-electron chi connectivity index (χ1n) is 13.0. The van der Waals surface area contributed by atoms with E-state index >= 15 is 0 Å². The van der Waals surface area contributed by atoms with Gasteiger partial charge in [-0.2, -0.15) is 0 Å². The summed E-state index contributed by atoms with van der Waals surface area (Å²) in [6, 6.07) is 37.9. The summed E-state index contributed by atoms with van der Waals surface area (Å²) in [5.74, 6) is 0.203. The van der Waals surface area contributed by atoms with Gasteiger partial charge < -0.3 is 4.90 Å². The number of amides is 1. The van der Waals surface area contributed by atoms with Gasteiger partial charge >= 0.3 is 5.97 Å². The molecule has 0 saturated heterocycles. The highest BCUT2D eigenvalue weighted by Gasteiger charge is 2.20. The number of aryl methyl sites for hydroxylation is 1. The minimum absolute atomic E-state index is 0.0393. The highest BCUT2D eigenvalue weighted by Crippen LogP contribution is 2.28. The molecule has 1 amide bonds. The molecule has 0 aliphatic heterocycles. The van der Waals surface area contributed by atoms with Crippen LogP contribution in [0.1, 0.15) is 52.7 Å². The van der Waals surface area contributed by atoms with Crippen molar-refractivity contribution in [2.24, 2.45) is 0 Å². The minimum atomic E-state index is -0.505. The molecule has 4 rings (SSSR count). The van der Waals surface area contributed by atoms with Crippen LogP contribution in [-0.2, 0) is 16.1 Å². The molecular weight excluding hydrogens is 474 g/mol. The summed E-state index contributed by atoms with van der Waals surface area (Å²) in [7, 11) is 0. The Bertz CT molecular complexity index is 1250. The first-order chi connectivity index (χ1) is 18.6. The number of carbonyl (C=O) groups is 2. The normalized spacial score (nSPS) is 10.7. The van der Waals surface area contributed by atoms with E-state index in [1.165, 1.54) is 18.1 Å². The average Bonchev–Trinajstić information content (AvgIpc) is 2.97. The fourth-order valence-corrected chi connectivity index (χ4v) is 4.59. The van der Waals surface area contributed by atoms with Crippen molar-refractivity contribution in [2.75, 3.05) is 13.1 Å². The second-order valence-corrected chi connectivity index (χ2v) is 9.23. The van der Waals surface area contributed by atoms with E-state index in [0.29, 0.717) is 24.4 Å². The van der Waals surface area contributed by atoms with Crippen LogP contribution in [0.3, 0.4) is 0 Å². The van der Waals surface area contributed by atoms with Gasteiger partial charge in [0.2, 0.25) is 0 Å². The number of benzene rings is 4. The smallest absolute Gasteiger partial charge is 0.339 e. The average molecular weight is 508 g/mol. The quantitative estimate of drug-likeness (QED) is 0.156. The lowest BCUT2D eigenvalue weighted by molar-refractivity contribution is -0.210. The summed E-state index contributed by atoms with van der Waals surface area (Å²) in [5.41, 5.74) is 4.24. The van der Waals surface area contributed by atoms with Crippen molar-refractivity contribution >= 4 is 11.9 Å². The van der Waals surface area contributed by atoms with E-state index in [1.807, 2.05) is 65.6 Å². The van der Waals surface area contributed by atoms with Crippen LogP contribution in [0.5, 0.6) is 5.75 Å². The van der Waals surface area contributed by atoms with Gasteiger partial charge in [0, 0.05) is 31.5 Å². The van der Waals surface area contributed by atoms with E-state index in [9.17, 15) is 9.59 Å². The molecule has 4 aromatic carbocycles. The number of rotatable bonds is 12. The Morgan fingerprint density at radius 3 is 1.95 bits per heavy atom. The summed E-state index contributed by atoms with van der Waals surface area (Å²) >= 11 is 0. The van der Waals surface area contributed by atoms with Crippen LogP contribution in [0.4, 0.5) is 0 Å². The van der Waals surface area contributed by atoms with Gasteiger partial charge in [0.15, 0.2) is 5.75 Å². The van der Waals surface area contributed by atoms with Crippen LogP contribution in [-0.4, -0.2) is 29.9 Å². The standard InChI is InChI=1S/C33H33NO4/c1-26(35)37-38-31-21-11-13-27(25-31)14-12-23-34(33(36)30-19-9-4-10-20-30)24-22-32(28-15-5-2-6-16-28)29-17-7-3-8-18-29/h2-11,13,15-21,25,32H,12,14,22-24H2,1H3. The van der Waals surface area contributed by atoms with Crippen molar-refractivity contribution in [3.63, 3.8) is 0 Å². The van der Waals surface area contributed by atoms with Crippen LogP contribution < -0.4 is 4.89 Å². The number of hydrogen-bond donors (Lipinski definition) is 0. The number of nitrogens with zero attached hydrogens (tertiary/aromatic N) is 1. The highest BCUT2D eigenvalue weighted by atomic mass is 17.2. The van der Waals surface area contributed by atoms with Crippen LogP contribution in [0.2, 0.25) is 0 Å². The van der Waals surface area contributed by atoms with Crippen molar-refractivity contribution in [3.05, 3.63) is 138 Å². The Labute approximate surface area is 224 Å². The lowest BCUT2D eigenvalue weighted by Crippen LogP contribution is -2.34. The van der Waals surface area contributed by atoms with Crippen molar-refractivity contribution in [1.82, 2.24) is 4.90 Å². The molecule has 0 aliphatic carbocycles. The zero-order valence-electron chi connectivity index (χ0n) is 21.7. The SMILES string of the molecule is CC(=O)OOc1cccc(CCCN(CCC(c2ccccc2)c2ccccc2)C(=O)c2ccccc2)c1. The molecule has 0 aliphatic rings. The molecule has 0 saturated carbocycles. The minimum Gasteiger partial charge on any atom is -0.339 e. The summed E-state index contributed by atoms with van der Waals surface area (Å²) < 4.78 is 0. The fourth-order valence-electron chi connectivity index (χ4n) is 4.59. The molecule has 0 N–H and O–H groups in total. The summed E-state index contributed by atoms with van der Waals surface area (Å²) in [6.45, 7) is 2.55. The maximum Gasteiger partial charge on any atom is 0.352 e. The zero-order valence-corrected chi connectivity index (χ0v) is 21.7.